The van der Waals surface area contributed by atoms with Crippen molar-refractivity contribution >= 4 is 39.6 Å². The van der Waals surface area contributed by atoms with E-state index in [0.717, 1.165) is 17.8 Å². The molecule has 2 aromatic rings. The smallest absolute Gasteiger partial charge is 0.0945 e. The second-order valence-corrected chi connectivity index (χ2v) is 6.91. The molecular weight excluding hydrogens is 399 g/mol. The molecule has 0 saturated carbocycles. The minimum atomic E-state index is -0.508. The maximum absolute atomic E-state index is 9.88. The number of thiazole rings is 1. The molecule has 1 atom stereocenters. The van der Waals surface area contributed by atoms with Crippen LogP contribution in [0.15, 0.2) is 29.8 Å². The summed E-state index contributed by atoms with van der Waals surface area (Å²) in [4.78, 5) is 5.45. The molecule has 114 valence electrons. The van der Waals surface area contributed by atoms with E-state index in [1.54, 1.807) is 11.3 Å². The van der Waals surface area contributed by atoms with Gasteiger partial charge in [-0.1, -0.05) is 0 Å². The van der Waals surface area contributed by atoms with Gasteiger partial charge in [0.2, 0.25) is 0 Å². The Bertz CT molecular complexity index is 545. The SMILES string of the molecule is Cc1ncsc1CCOCC(O)CNc1ccc(I)cc1. The van der Waals surface area contributed by atoms with Gasteiger partial charge in [0.1, 0.15) is 0 Å². The summed E-state index contributed by atoms with van der Waals surface area (Å²) in [6, 6.07) is 8.07. The molecular formula is C15H19IN2O2S. The number of hydrogen-bond acceptors (Lipinski definition) is 5. The van der Waals surface area contributed by atoms with Crippen LogP contribution in [0.5, 0.6) is 0 Å². The van der Waals surface area contributed by atoms with Crippen LogP contribution in [0.25, 0.3) is 0 Å². The number of ether oxygens (including phenoxy) is 1. The number of nitrogens with zero attached hydrogens (tertiary/aromatic N) is 1. The maximum atomic E-state index is 9.88. The van der Waals surface area contributed by atoms with E-state index >= 15 is 0 Å². The Morgan fingerprint density at radius 1 is 1.38 bits per heavy atom. The molecule has 0 aliphatic rings. The molecule has 6 heteroatoms. The molecule has 2 rings (SSSR count). The fraction of sp³-hybridized carbons (Fsp3) is 0.400. The van der Waals surface area contributed by atoms with E-state index in [9.17, 15) is 5.11 Å². The Hall–Kier alpha value is -0.700. The fourth-order valence-electron chi connectivity index (χ4n) is 1.81. The molecule has 21 heavy (non-hydrogen) atoms. The van der Waals surface area contributed by atoms with Crippen LogP contribution in [-0.4, -0.2) is 36.0 Å². The summed E-state index contributed by atoms with van der Waals surface area (Å²) in [5, 5.41) is 13.1. The molecule has 0 spiro atoms. The van der Waals surface area contributed by atoms with E-state index in [1.165, 1.54) is 8.45 Å². The molecule has 4 nitrogen and oxygen atoms in total. The first kappa shape index (κ1) is 16.7. The number of rotatable bonds is 8. The van der Waals surface area contributed by atoms with Gasteiger partial charge in [0.15, 0.2) is 0 Å². The lowest BCUT2D eigenvalue weighted by atomic mass is 10.3. The molecule has 0 saturated heterocycles. The minimum absolute atomic E-state index is 0.342. The number of hydrogen-bond donors (Lipinski definition) is 2. The van der Waals surface area contributed by atoms with Gasteiger partial charge in [0.05, 0.1) is 30.5 Å². The summed E-state index contributed by atoms with van der Waals surface area (Å²) < 4.78 is 6.71. The fourth-order valence-corrected chi connectivity index (χ4v) is 2.93. The van der Waals surface area contributed by atoms with Crippen LogP contribution in [0, 0.1) is 10.5 Å². The lowest BCUT2D eigenvalue weighted by Crippen LogP contribution is -2.25. The van der Waals surface area contributed by atoms with Gasteiger partial charge in [-0.3, -0.25) is 0 Å². The molecule has 1 unspecified atom stereocenters. The number of aryl methyl sites for hydroxylation is 1. The first-order valence-corrected chi connectivity index (χ1v) is 8.75. The normalized spacial score (nSPS) is 12.3. The highest BCUT2D eigenvalue weighted by Crippen LogP contribution is 2.13. The summed E-state index contributed by atoms with van der Waals surface area (Å²) in [7, 11) is 0. The third-order valence-electron chi connectivity index (χ3n) is 3.01. The van der Waals surface area contributed by atoms with Crippen molar-refractivity contribution in [2.75, 3.05) is 25.1 Å². The van der Waals surface area contributed by atoms with Crippen molar-refractivity contribution in [3.63, 3.8) is 0 Å². The zero-order chi connectivity index (χ0) is 15.1. The summed E-state index contributed by atoms with van der Waals surface area (Å²) in [6.45, 7) is 3.45. The molecule has 0 aliphatic carbocycles. The topological polar surface area (TPSA) is 54.4 Å². The molecule has 0 amide bonds. The molecule has 1 aromatic heterocycles. The van der Waals surface area contributed by atoms with E-state index in [4.69, 9.17) is 4.74 Å². The molecule has 2 N–H and O–H groups in total. The Balaban J connectivity index is 1.60. The van der Waals surface area contributed by atoms with Crippen LogP contribution < -0.4 is 5.32 Å². The number of aromatic nitrogens is 1. The maximum Gasteiger partial charge on any atom is 0.0945 e. The number of anilines is 1. The van der Waals surface area contributed by atoms with Crippen LogP contribution in [0.1, 0.15) is 10.6 Å². The first-order valence-electron chi connectivity index (χ1n) is 6.79. The first-order chi connectivity index (χ1) is 10.1. The average molecular weight is 418 g/mol. The zero-order valence-electron chi connectivity index (χ0n) is 11.9. The molecule has 0 fully saturated rings. The van der Waals surface area contributed by atoms with E-state index in [2.05, 4.69) is 32.9 Å². The van der Waals surface area contributed by atoms with Gasteiger partial charge in [-0.2, -0.15) is 0 Å². The molecule has 1 aromatic carbocycles. The van der Waals surface area contributed by atoms with Crippen LogP contribution in [0.4, 0.5) is 5.69 Å². The molecule has 0 aliphatic heterocycles. The number of aliphatic hydroxyl groups is 1. The lowest BCUT2D eigenvalue weighted by Gasteiger charge is -2.13. The van der Waals surface area contributed by atoms with Crippen molar-refractivity contribution in [2.45, 2.75) is 19.4 Å². The number of nitrogens with one attached hydrogen (secondary N) is 1. The van der Waals surface area contributed by atoms with Crippen LogP contribution in [-0.2, 0) is 11.2 Å². The van der Waals surface area contributed by atoms with E-state index < -0.39 is 6.10 Å². The standard InChI is InChI=1S/C15H19IN2O2S/c1-11-15(21-10-18-11)6-7-20-9-14(19)8-17-13-4-2-12(16)3-5-13/h2-5,10,14,17,19H,6-9H2,1H3. The number of aliphatic hydroxyl groups excluding tert-OH is 1. The van der Waals surface area contributed by atoms with E-state index in [1.807, 2.05) is 36.7 Å². The third-order valence-corrected chi connectivity index (χ3v) is 4.73. The van der Waals surface area contributed by atoms with E-state index in [0.29, 0.717) is 19.8 Å². The highest BCUT2D eigenvalue weighted by atomic mass is 127. The van der Waals surface area contributed by atoms with Gasteiger partial charge < -0.3 is 15.2 Å². The third kappa shape index (κ3) is 5.90. The van der Waals surface area contributed by atoms with Crippen LogP contribution in [0.3, 0.4) is 0 Å². The van der Waals surface area contributed by atoms with Crippen molar-refractivity contribution in [3.05, 3.63) is 43.9 Å². The van der Waals surface area contributed by atoms with Crippen LogP contribution in [0.2, 0.25) is 0 Å². The van der Waals surface area contributed by atoms with Crippen molar-refractivity contribution in [2.24, 2.45) is 0 Å². The van der Waals surface area contributed by atoms with Crippen molar-refractivity contribution < 1.29 is 9.84 Å². The second kappa shape index (κ2) is 8.67. The molecule has 0 radical (unpaired) electrons. The van der Waals surface area contributed by atoms with Gasteiger partial charge in [-0.15, -0.1) is 11.3 Å². The van der Waals surface area contributed by atoms with Gasteiger partial charge in [-0.05, 0) is 53.8 Å². The summed E-state index contributed by atoms with van der Waals surface area (Å²) in [5.41, 5.74) is 3.93. The monoisotopic (exact) mass is 418 g/mol. The average Bonchev–Trinajstić information content (AvgIpc) is 2.88. The van der Waals surface area contributed by atoms with Crippen molar-refractivity contribution in [1.82, 2.24) is 4.98 Å². The van der Waals surface area contributed by atoms with Crippen molar-refractivity contribution in [3.8, 4) is 0 Å². The van der Waals surface area contributed by atoms with Gasteiger partial charge in [0, 0.05) is 27.1 Å². The Morgan fingerprint density at radius 3 is 2.81 bits per heavy atom. The summed E-state index contributed by atoms with van der Waals surface area (Å²) >= 11 is 3.92. The highest BCUT2D eigenvalue weighted by Gasteiger charge is 2.05. The summed E-state index contributed by atoms with van der Waals surface area (Å²) in [6.07, 6.45) is 0.347. The largest absolute Gasteiger partial charge is 0.389 e. The Labute approximate surface area is 142 Å². The quantitative estimate of drug-likeness (QED) is 0.511. The Kier molecular flexibility index (Phi) is 6.88. The number of halogens is 1. The number of benzene rings is 1. The molecule has 1 heterocycles. The molecule has 0 bridgehead atoms. The highest BCUT2D eigenvalue weighted by molar-refractivity contribution is 14.1. The van der Waals surface area contributed by atoms with Gasteiger partial charge in [0.25, 0.3) is 0 Å². The lowest BCUT2D eigenvalue weighted by molar-refractivity contribution is 0.0449. The summed E-state index contributed by atoms with van der Waals surface area (Å²) in [5.74, 6) is 0. The van der Waals surface area contributed by atoms with Crippen LogP contribution >= 0.6 is 33.9 Å². The van der Waals surface area contributed by atoms with Crippen molar-refractivity contribution in [1.29, 1.82) is 0 Å². The Morgan fingerprint density at radius 2 is 2.14 bits per heavy atom. The zero-order valence-corrected chi connectivity index (χ0v) is 14.9. The van der Waals surface area contributed by atoms with E-state index in [-0.39, 0.29) is 0 Å². The minimum Gasteiger partial charge on any atom is -0.389 e. The predicted octanol–water partition coefficient (Wildman–Crippen LogP) is 3.09. The van der Waals surface area contributed by atoms with Gasteiger partial charge >= 0.3 is 0 Å². The van der Waals surface area contributed by atoms with Gasteiger partial charge in [-0.25, -0.2) is 4.98 Å². The predicted molar refractivity (Wildman–Crippen MR) is 95.0 cm³/mol. The second-order valence-electron chi connectivity index (χ2n) is 4.73.